The highest BCUT2D eigenvalue weighted by Crippen LogP contribution is 2.16. The molecule has 1 unspecified atom stereocenters. The van der Waals surface area contributed by atoms with Crippen LogP contribution in [0.2, 0.25) is 0 Å². The molecule has 1 rings (SSSR count). The van der Waals surface area contributed by atoms with Gasteiger partial charge in [0.25, 0.3) is 0 Å². The summed E-state index contributed by atoms with van der Waals surface area (Å²) >= 11 is 3.05. The minimum atomic E-state index is -0.611. The molecule has 1 N–H and O–H groups in total. The zero-order chi connectivity index (χ0) is 12.1. The van der Waals surface area contributed by atoms with E-state index < -0.39 is 22.4 Å². The molecule has 6 heteroatoms. The summed E-state index contributed by atoms with van der Waals surface area (Å²) in [5.74, 6) is -1.61. The zero-order valence-corrected chi connectivity index (χ0v) is 10.1. The van der Waals surface area contributed by atoms with Gasteiger partial charge in [-0.2, -0.15) is 0 Å². The maximum Gasteiger partial charge on any atom is 0.321 e. The summed E-state index contributed by atoms with van der Waals surface area (Å²) in [6.07, 6.45) is 0. The van der Waals surface area contributed by atoms with Crippen LogP contribution in [0.1, 0.15) is 0 Å². The molecular formula is C10H10BrF2NO2. The Labute approximate surface area is 99.9 Å². The van der Waals surface area contributed by atoms with Gasteiger partial charge in [0.2, 0.25) is 0 Å². The fraction of sp³-hybridized carbons (Fsp3) is 0.300. The fourth-order valence-electron chi connectivity index (χ4n) is 1.04. The molecule has 0 saturated carbocycles. The van der Waals surface area contributed by atoms with E-state index in [2.05, 4.69) is 26.0 Å². The number of anilines is 1. The highest BCUT2D eigenvalue weighted by Gasteiger charge is 2.15. The molecule has 1 atom stereocenters. The fourth-order valence-corrected chi connectivity index (χ4v) is 1.39. The Morgan fingerprint density at radius 3 is 2.88 bits per heavy atom. The van der Waals surface area contributed by atoms with Crippen molar-refractivity contribution in [2.75, 3.05) is 19.0 Å². The van der Waals surface area contributed by atoms with E-state index in [-0.39, 0.29) is 12.2 Å². The van der Waals surface area contributed by atoms with Crippen molar-refractivity contribution < 1.29 is 18.3 Å². The Morgan fingerprint density at radius 2 is 2.25 bits per heavy atom. The number of carbonyl (C=O) groups excluding carboxylic acids is 1. The van der Waals surface area contributed by atoms with Gasteiger partial charge in [-0.15, -0.1) is 0 Å². The minimum Gasteiger partial charge on any atom is -0.468 e. The van der Waals surface area contributed by atoms with Gasteiger partial charge in [0.1, 0.15) is 16.5 Å². The molecule has 1 aromatic carbocycles. The van der Waals surface area contributed by atoms with Crippen LogP contribution in [0.15, 0.2) is 18.2 Å². The number of alkyl halides is 1. The average Bonchev–Trinajstić information content (AvgIpc) is 2.28. The molecule has 0 aliphatic rings. The average molecular weight is 294 g/mol. The van der Waals surface area contributed by atoms with E-state index in [4.69, 9.17) is 0 Å². The smallest absolute Gasteiger partial charge is 0.321 e. The van der Waals surface area contributed by atoms with Crippen molar-refractivity contribution in [1.82, 2.24) is 0 Å². The van der Waals surface area contributed by atoms with Crippen LogP contribution in [0, 0.1) is 11.6 Å². The first-order valence-electron chi connectivity index (χ1n) is 4.45. The largest absolute Gasteiger partial charge is 0.468 e. The van der Waals surface area contributed by atoms with Crippen molar-refractivity contribution in [1.29, 1.82) is 0 Å². The Kier molecular flexibility index (Phi) is 4.67. The molecule has 3 nitrogen and oxygen atoms in total. The van der Waals surface area contributed by atoms with Crippen molar-refractivity contribution in [3.05, 3.63) is 29.8 Å². The predicted octanol–water partition coefficient (Wildman–Crippen LogP) is 2.31. The van der Waals surface area contributed by atoms with Crippen LogP contribution >= 0.6 is 15.9 Å². The number of hydrogen-bond donors (Lipinski definition) is 1. The molecule has 0 heterocycles. The van der Waals surface area contributed by atoms with Gasteiger partial charge in [-0.05, 0) is 18.2 Å². The summed E-state index contributed by atoms with van der Waals surface area (Å²) in [6.45, 7) is 0.104. The molecule has 0 aromatic heterocycles. The molecule has 0 saturated heterocycles. The molecule has 0 aliphatic heterocycles. The Balaban J connectivity index is 2.60. The molecule has 1 aromatic rings. The summed E-state index contributed by atoms with van der Waals surface area (Å²) in [5.41, 5.74) is 0.00773. The molecule has 0 aliphatic carbocycles. The van der Waals surface area contributed by atoms with Crippen LogP contribution in [0.25, 0.3) is 0 Å². The van der Waals surface area contributed by atoms with Crippen LogP contribution in [0.5, 0.6) is 0 Å². The summed E-state index contributed by atoms with van der Waals surface area (Å²) in [6, 6.07) is 3.05. The van der Waals surface area contributed by atoms with Crippen LogP contribution < -0.4 is 5.32 Å². The normalized spacial score (nSPS) is 12.0. The lowest BCUT2D eigenvalue weighted by Crippen LogP contribution is -2.24. The molecule has 0 spiro atoms. The molecule has 16 heavy (non-hydrogen) atoms. The van der Waals surface area contributed by atoms with E-state index in [0.29, 0.717) is 0 Å². The van der Waals surface area contributed by atoms with Crippen LogP contribution in [-0.4, -0.2) is 24.5 Å². The number of benzene rings is 1. The number of nitrogens with one attached hydrogen (secondary N) is 1. The third-order valence-corrected chi connectivity index (χ3v) is 2.55. The van der Waals surface area contributed by atoms with Crippen molar-refractivity contribution in [3.63, 3.8) is 0 Å². The number of esters is 1. The SMILES string of the molecule is COC(=O)C(Br)CNc1cc(F)ccc1F. The number of halogens is 3. The van der Waals surface area contributed by atoms with E-state index in [1.165, 1.54) is 7.11 Å². The third kappa shape index (κ3) is 3.44. The molecule has 0 bridgehead atoms. The van der Waals surface area contributed by atoms with E-state index in [1.54, 1.807) is 0 Å². The second-order valence-corrected chi connectivity index (χ2v) is 4.10. The minimum absolute atomic E-state index is 0.00773. The van der Waals surface area contributed by atoms with Crippen LogP contribution in [-0.2, 0) is 9.53 Å². The van der Waals surface area contributed by atoms with E-state index in [0.717, 1.165) is 18.2 Å². The predicted molar refractivity (Wildman–Crippen MR) is 59.6 cm³/mol. The molecule has 0 amide bonds. The Morgan fingerprint density at radius 1 is 1.56 bits per heavy atom. The number of rotatable bonds is 4. The Hall–Kier alpha value is -1.17. The van der Waals surface area contributed by atoms with Gasteiger partial charge >= 0.3 is 5.97 Å². The van der Waals surface area contributed by atoms with Crippen LogP contribution in [0.3, 0.4) is 0 Å². The highest BCUT2D eigenvalue weighted by molar-refractivity contribution is 9.10. The second-order valence-electron chi connectivity index (χ2n) is 3.00. The topological polar surface area (TPSA) is 38.3 Å². The van der Waals surface area contributed by atoms with Gasteiger partial charge in [-0.25, -0.2) is 8.78 Å². The monoisotopic (exact) mass is 293 g/mol. The maximum absolute atomic E-state index is 13.1. The third-order valence-electron chi connectivity index (χ3n) is 1.86. The van der Waals surface area contributed by atoms with Crippen molar-refractivity contribution >= 4 is 27.6 Å². The number of carbonyl (C=O) groups is 1. The summed E-state index contributed by atoms with van der Waals surface area (Å²) in [4.78, 5) is 10.4. The van der Waals surface area contributed by atoms with Gasteiger partial charge in [0.15, 0.2) is 0 Å². The van der Waals surface area contributed by atoms with Crippen molar-refractivity contribution in [3.8, 4) is 0 Å². The van der Waals surface area contributed by atoms with Crippen LogP contribution in [0.4, 0.5) is 14.5 Å². The highest BCUT2D eigenvalue weighted by atomic mass is 79.9. The lowest BCUT2D eigenvalue weighted by molar-refractivity contribution is -0.139. The van der Waals surface area contributed by atoms with Gasteiger partial charge in [-0.3, -0.25) is 4.79 Å². The summed E-state index contributed by atoms with van der Waals surface area (Å²) in [7, 11) is 1.25. The lowest BCUT2D eigenvalue weighted by Gasteiger charge is -2.10. The van der Waals surface area contributed by atoms with Gasteiger partial charge in [0.05, 0.1) is 12.8 Å². The zero-order valence-electron chi connectivity index (χ0n) is 8.47. The molecule has 88 valence electrons. The maximum atomic E-state index is 13.1. The number of ether oxygens (including phenoxy) is 1. The van der Waals surface area contributed by atoms with Crippen molar-refractivity contribution in [2.45, 2.75) is 4.83 Å². The number of hydrogen-bond acceptors (Lipinski definition) is 3. The lowest BCUT2D eigenvalue weighted by atomic mass is 10.3. The molecular weight excluding hydrogens is 284 g/mol. The van der Waals surface area contributed by atoms with Gasteiger partial charge in [-0.1, -0.05) is 15.9 Å². The quantitative estimate of drug-likeness (QED) is 0.684. The summed E-state index contributed by atoms with van der Waals surface area (Å²) in [5, 5.41) is 2.61. The second kappa shape index (κ2) is 5.79. The standard InChI is InChI=1S/C10H10BrF2NO2/c1-16-10(15)7(11)5-14-9-4-6(12)2-3-8(9)13/h2-4,7,14H,5H2,1H3. The number of methoxy groups -OCH3 is 1. The first-order chi connectivity index (χ1) is 7.54. The first kappa shape index (κ1) is 12.9. The molecule has 0 radical (unpaired) electrons. The van der Waals surface area contributed by atoms with Gasteiger partial charge in [0, 0.05) is 6.54 Å². The van der Waals surface area contributed by atoms with Gasteiger partial charge < -0.3 is 10.1 Å². The van der Waals surface area contributed by atoms with E-state index >= 15 is 0 Å². The van der Waals surface area contributed by atoms with E-state index in [9.17, 15) is 13.6 Å². The summed E-state index contributed by atoms with van der Waals surface area (Å²) < 4.78 is 30.4. The van der Waals surface area contributed by atoms with E-state index in [1.807, 2.05) is 0 Å². The molecule has 0 fully saturated rings. The Bertz CT molecular complexity index is 387. The van der Waals surface area contributed by atoms with Crippen molar-refractivity contribution in [2.24, 2.45) is 0 Å². The first-order valence-corrected chi connectivity index (χ1v) is 5.37.